The molecule has 0 aliphatic carbocycles. The molecule has 2 aromatic heterocycles. The minimum absolute atomic E-state index is 0.0872. The van der Waals surface area contributed by atoms with E-state index in [1.54, 1.807) is 24.0 Å². The number of aliphatic hydroxyl groups is 1. The zero-order chi connectivity index (χ0) is 13.7. The number of hydrogen-bond donors (Lipinski definition) is 1. The maximum atomic E-state index is 9.22. The van der Waals surface area contributed by atoms with Gasteiger partial charge in [-0.1, -0.05) is 36.4 Å². The second kappa shape index (κ2) is 6.88. The molecule has 0 unspecified atom stereocenters. The molecule has 2 rings (SSSR count). The molecule has 0 atom stereocenters. The van der Waals surface area contributed by atoms with E-state index in [-0.39, 0.29) is 6.61 Å². The number of thioether (sulfide) groups is 1. The highest BCUT2D eigenvalue weighted by Crippen LogP contribution is 2.22. The third kappa shape index (κ3) is 3.68. The van der Waals surface area contributed by atoms with Crippen molar-refractivity contribution in [3.63, 3.8) is 0 Å². The van der Waals surface area contributed by atoms with Gasteiger partial charge in [0.05, 0.1) is 0 Å². The third-order valence-corrected chi connectivity index (χ3v) is 3.80. The van der Waals surface area contributed by atoms with Crippen molar-refractivity contribution >= 4 is 23.4 Å². The Morgan fingerprint density at radius 2 is 2.21 bits per heavy atom. The Kier molecular flexibility index (Phi) is 5.18. The van der Waals surface area contributed by atoms with Crippen LogP contribution in [0.3, 0.4) is 0 Å². The van der Waals surface area contributed by atoms with Gasteiger partial charge in [-0.2, -0.15) is 0 Å². The van der Waals surface area contributed by atoms with Crippen LogP contribution in [0.25, 0.3) is 0 Å². The average molecular weight is 299 g/mol. The molecular formula is C12H15ClN4OS. The highest BCUT2D eigenvalue weighted by molar-refractivity contribution is 7.98. The number of aliphatic hydroxyl groups excluding tert-OH is 1. The molecule has 0 spiro atoms. The van der Waals surface area contributed by atoms with Crippen LogP contribution >= 0.6 is 23.4 Å². The zero-order valence-corrected chi connectivity index (χ0v) is 12.2. The van der Waals surface area contributed by atoms with Gasteiger partial charge in [0.25, 0.3) is 0 Å². The number of hydrogen-bond acceptors (Lipinski definition) is 5. The van der Waals surface area contributed by atoms with E-state index < -0.39 is 0 Å². The van der Waals surface area contributed by atoms with E-state index in [4.69, 9.17) is 11.6 Å². The molecule has 0 fully saturated rings. The predicted molar refractivity (Wildman–Crippen MR) is 75.0 cm³/mol. The van der Waals surface area contributed by atoms with Crippen LogP contribution in [0.5, 0.6) is 0 Å². The topological polar surface area (TPSA) is 63.8 Å². The highest BCUT2D eigenvalue weighted by Gasteiger charge is 2.11. The Labute approximate surface area is 121 Å². The largest absolute Gasteiger partial charge is 0.388 e. The Morgan fingerprint density at radius 3 is 2.84 bits per heavy atom. The van der Waals surface area contributed by atoms with Gasteiger partial charge in [-0.15, -0.1) is 10.2 Å². The Hall–Kier alpha value is -1.11. The number of aromatic nitrogens is 4. The van der Waals surface area contributed by atoms with Gasteiger partial charge in [-0.25, -0.2) is 4.98 Å². The lowest BCUT2D eigenvalue weighted by Crippen LogP contribution is -2.04. The van der Waals surface area contributed by atoms with E-state index in [0.717, 1.165) is 29.4 Å². The van der Waals surface area contributed by atoms with Gasteiger partial charge in [-0.3, -0.25) is 0 Å². The van der Waals surface area contributed by atoms with Crippen LogP contribution in [0, 0.1) is 0 Å². The maximum absolute atomic E-state index is 9.22. The smallest absolute Gasteiger partial charge is 0.191 e. The molecule has 0 aliphatic rings. The first kappa shape index (κ1) is 14.3. The van der Waals surface area contributed by atoms with Crippen molar-refractivity contribution in [2.45, 2.75) is 37.4 Å². The summed E-state index contributed by atoms with van der Waals surface area (Å²) >= 11 is 7.32. The van der Waals surface area contributed by atoms with E-state index >= 15 is 0 Å². The highest BCUT2D eigenvalue weighted by atomic mass is 35.5. The van der Waals surface area contributed by atoms with E-state index in [1.807, 2.05) is 10.6 Å². The van der Waals surface area contributed by atoms with Crippen LogP contribution in [0.15, 0.2) is 23.5 Å². The standard InChI is InChI=1S/C12H15ClN4OS/c1-2-5-17-11(7-18)15-16-12(17)19-8-9-3-4-10(13)14-6-9/h3-4,6,18H,2,5,7-8H2,1H3. The molecule has 19 heavy (non-hydrogen) atoms. The number of pyridine rings is 1. The lowest BCUT2D eigenvalue weighted by Gasteiger charge is -2.07. The summed E-state index contributed by atoms with van der Waals surface area (Å²) in [6, 6.07) is 3.71. The Morgan fingerprint density at radius 1 is 1.37 bits per heavy atom. The second-order valence-electron chi connectivity index (χ2n) is 3.99. The summed E-state index contributed by atoms with van der Waals surface area (Å²) in [5.74, 6) is 1.36. The molecule has 2 heterocycles. The molecule has 1 N–H and O–H groups in total. The number of halogens is 1. The van der Waals surface area contributed by atoms with E-state index in [2.05, 4.69) is 22.1 Å². The van der Waals surface area contributed by atoms with Crippen molar-refractivity contribution in [2.24, 2.45) is 0 Å². The fraction of sp³-hybridized carbons (Fsp3) is 0.417. The second-order valence-corrected chi connectivity index (χ2v) is 5.32. The molecule has 0 saturated heterocycles. The van der Waals surface area contributed by atoms with Crippen molar-refractivity contribution in [3.05, 3.63) is 34.9 Å². The molecule has 5 nitrogen and oxygen atoms in total. The molecule has 0 amide bonds. The summed E-state index contributed by atoms with van der Waals surface area (Å²) in [6.45, 7) is 2.80. The minimum Gasteiger partial charge on any atom is -0.388 e. The first-order valence-electron chi connectivity index (χ1n) is 6.00. The van der Waals surface area contributed by atoms with Gasteiger partial charge in [0.15, 0.2) is 11.0 Å². The zero-order valence-electron chi connectivity index (χ0n) is 10.6. The number of nitrogens with zero attached hydrogens (tertiary/aromatic N) is 4. The Balaban J connectivity index is 2.06. The minimum atomic E-state index is -0.0872. The molecule has 0 bridgehead atoms. The molecule has 7 heteroatoms. The monoisotopic (exact) mass is 298 g/mol. The molecule has 0 radical (unpaired) electrons. The van der Waals surface area contributed by atoms with Gasteiger partial charge in [-0.05, 0) is 18.1 Å². The van der Waals surface area contributed by atoms with Crippen molar-refractivity contribution < 1.29 is 5.11 Å². The van der Waals surface area contributed by atoms with Crippen LogP contribution in [0.2, 0.25) is 5.15 Å². The van der Waals surface area contributed by atoms with Crippen molar-refractivity contribution in [3.8, 4) is 0 Å². The van der Waals surface area contributed by atoms with Crippen LogP contribution in [-0.4, -0.2) is 24.9 Å². The quantitative estimate of drug-likeness (QED) is 0.656. The van der Waals surface area contributed by atoms with Gasteiger partial charge in [0, 0.05) is 18.5 Å². The molecule has 102 valence electrons. The molecule has 0 aromatic carbocycles. The van der Waals surface area contributed by atoms with Gasteiger partial charge in [0.1, 0.15) is 11.8 Å². The van der Waals surface area contributed by atoms with Crippen molar-refractivity contribution in [2.75, 3.05) is 0 Å². The summed E-state index contributed by atoms with van der Waals surface area (Å²) in [5, 5.41) is 18.6. The number of rotatable bonds is 6. The first-order valence-corrected chi connectivity index (χ1v) is 7.37. The van der Waals surface area contributed by atoms with Gasteiger partial charge in [0.2, 0.25) is 0 Å². The summed E-state index contributed by atoms with van der Waals surface area (Å²) < 4.78 is 1.95. The van der Waals surface area contributed by atoms with Gasteiger partial charge >= 0.3 is 0 Å². The normalized spacial score (nSPS) is 10.9. The fourth-order valence-electron chi connectivity index (χ4n) is 1.63. The fourth-order valence-corrected chi connectivity index (χ4v) is 2.66. The predicted octanol–water partition coefficient (Wildman–Crippen LogP) is 2.52. The summed E-state index contributed by atoms with van der Waals surface area (Å²) in [7, 11) is 0. The summed E-state index contributed by atoms with van der Waals surface area (Å²) in [5.41, 5.74) is 1.07. The molecule has 0 saturated carbocycles. The van der Waals surface area contributed by atoms with Crippen molar-refractivity contribution in [1.29, 1.82) is 0 Å². The lowest BCUT2D eigenvalue weighted by atomic mass is 10.3. The van der Waals surface area contributed by atoms with Crippen LogP contribution in [0.4, 0.5) is 0 Å². The maximum Gasteiger partial charge on any atom is 0.191 e. The van der Waals surface area contributed by atoms with Crippen LogP contribution in [0.1, 0.15) is 24.7 Å². The van der Waals surface area contributed by atoms with Gasteiger partial charge < -0.3 is 9.67 Å². The first-order chi connectivity index (χ1) is 9.24. The molecule has 0 aliphatic heterocycles. The third-order valence-electron chi connectivity index (χ3n) is 2.54. The van der Waals surface area contributed by atoms with Crippen LogP contribution < -0.4 is 0 Å². The summed E-state index contributed by atoms with van der Waals surface area (Å²) in [6.07, 6.45) is 2.73. The van der Waals surface area contributed by atoms with E-state index in [0.29, 0.717) is 11.0 Å². The molecular weight excluding hydrogens is 284 g/mol. The summed E-state index contributed by atoms with van der Waals surface area (Å²) in [4.78, 5) is 4.04. The van der Waals surface area contributed by atoms with Crippen LogP contribution in [-0.2, 0) is 18.9 Å². The van der Waals surface area contributed by atoms with Crippen molar-refractivity contribution in [1.82, 2.24) is 19.7 Å². The molecule has 2 aromatic rings. The van der Waals surface area contributed by atoms with E-state index in [1.165, 1.54) is 0 Å². The van der Waals surface area contributed by atoms with E-state index in [9.17, 15) is 5.11 Å². The average Bonchev–Trinajstić information content (AvgIpc) is 2.81. The lowest BCUT2D eigenvalue weighted by molar-refractivity contribution is 0.263. The Bertz CT molecular complexity index is 529. The SMILES string of the molecule is CCCn1c(CO)nnc1SCc1ccc(Cl)nc1.